The van der Waals surface area contributed by atoms with Gasteiger partial charge in [0.1, 0.15) is 4.62 Å². The van der Waals surface area contributed by atoms with Crippen molar-refractivity contribution < 1.29 is 22.3 Å². The first-order valence-electron chi connectivity index (χ1n) is 10.9. The molecule has 1 amide bonds. The summed E-state index contributed by atoms with van der Waals surface area (Å²) in [5, 5.41) is 3.48. The lowest BCUT2D eigenvalue weighted by Gasteiger charge is -2.20. The van der Waals surface area contributed by atoms with Crippen LogP contribution in [0.3, 0.4) is 0 Å². The Kier molecular flexibility index (Phi) is 9.20. The van der Waals surface area contributed by atoms with Crippen LogP contribution in [0.4, 0.5) is 5.13 Å². The minimum Gasteiger partial charge on any atom is -0.330 e. The van der Waals surface area contributed by atoms with E-state index < -0.39 is 18.2 Å². The molecule has 1 aromatic carbocycles. The van der Waals surface area contributed by atoms with Crippen molar-refractivity contribution in [3.63, 3.8) is 0 Å². The summed E-state index contributed by atoms with van der Waals surface area (Å²) >= 11 is 1.37. The fraction of sp³-hybridized carbons (Fsp3) is 0.545. The van der Waals surface area contributed by atoms with Gasteiger partial charge in [-0.3, -0.25) is 4.79 Å². The number of hydrogen-bond donors (Lipinski definition) is 1. The molecular weight excluding hydrogens is 467 g/mol. The van der Waals surface area contributed by atoms with Crippen molar-refractivity contribution in [2.24, 2.45) is 5.92 Å². The van der Waals surface area contributed by atoms with E-state index in [2.05, 4.69) is 10.3 Å². The second-order valence-electron chi connectivity index (χ2n) is 7.87. The van der Waals surface area contributed by atoms with Gasteiger partial charge in [0.2, 0.25) is 14.3 Å². The van der Waals surface area contributed by atoms with Crippen molar-refractivity contribution in [2.75, 3.05) is 24.8 Å². The molecule has 0 aliphatic heterocycles. The monoisotopic (exact) mass is 498 g/mol. The molecule has 0 radical (unpaired) electrons. The van der Waals surface area contributed by atoms with Gasteiger partial charge in [0, 0.05) is 6.26 Å². The van der Waals surface area contributed by atoms with Crippen LogP contribution in [0, 0.1) is 5.92 Å². The minimum atomic E-state index is -3.28. The maximum Gasteiger partial charge on any atom is 0.233 e. The molecule has 2 aromatic rings. The van der Waals surface area contributed by atoms with Crippen molar-refractivity contribution in [3.8, 4) is 0 Å². The number of aromatic nitrogens is 1. The van der Waals surface area contributed by atoms with Crippen LogP contribution in [0.5, 0.6) is 0 Å². The van der Waals surface area contributed by atoms with Crippen molar-refractivity contribution in [1.82, 2.24) is 4.98 Å². The Morgan fingerprint density at radius 3 is 2.38 bits per heavy atom. The first-order chi connectivity index (χ1) is 15.3. The van der Waals surface area contributed by atoms with Gasteiger partial charge in [-0.15, -0.1) is 0 Å². The van der Waals surface area contributed by atoms with Crippen molar-refractivity contribution in [2.45, 2.75) is 56.8 Å². The molecule has 3 rings (SSSR count). The zero-order valence-corrected chi connectivity index (χ0v) is 21.3. The maximum absolute atomic E-state index is 13.3. The van der Waals surface area contributed by atoms with E-state index in [-0.39, 0.29) is 16.7 Å². The van der Waals surface area contributed by atoms with E-state index >= 15 is 0 Å². The van der Waals surface area contributed by atoms with Gasteiger partial charge in [0.25, 0.3) is 0 Å². The smallest absolute Gasteiger partial charge is 0.233 e. The number of sulfone groups is 1. The van der Waals surface area contributed by atoms with Crippen LogP contribution in [-0.2, 0) is 23.7 Å². The van der Waals surface area contributed by atoms with Crippen molar-refractivity contribution in [3.05, 3.63) is 36.0 Å². The molecule has 0 bridgehead atoms. The van der Waals surface area contributed by atoms with Crippen LogP contribution in [-0.4, -0.2) is 38.8 Å². The zero-order valence-electron chi connectivity index (χ0n) is 18.7. The van der Waals surface area contributed by atoms with Crippen molar-refractivity contribution in [1.29, 1.82) is 0 Å². The predicted molar refractivity (Wildman–Crippen MR) is 129 cm³/mol. The normalized spacial score (nSPS) is 15.9. The molecule has 1 aromatic heterocycles. The standard InChI is InChI=1S/C22H31N2O5PS2/c1-4-28-30(29-5-2)20-15-23-22(31-20)24-21(25)19(14-16-8-6-7-9-16)17-10-12-18(13-11-17)32(3,26)27/h10-13,15-16,19H,4-9,14H2,1-3H3,(H,23,24,25)/t19-/m1/s1. The third-order valence-corrected chi connectivity index (χ3v) is 9.49. The first-order valence-corrected chi connectivity index (χ1v) is 14.8. The summed E-state index contributed by atoms with van der Waals surface area (Å²) in [6.45, 7) is 4.91. The fourth-order valence-electron chi connectivity index (χ4n) is 3.92. The number of nitrogens with zero attached hydrogens (tertiary/aromatic N) is 1. The second-order valence-corrected chi connectivity index (χ2v) is 12.7. The number of hydrogen-bond acceptors (Lipinski definition) is 7. The molecule has 1 aliphatic rings. The molecule has 1 aliphatic carbocycles. The summed E-state index contributed by atoms with van der Waals surface area (Å²) in [5.41, 5.74) is 0.824. The fourth-order valence-corrected chi connectivity index (χ4v) is 6.94. The SMILES string of the molecule is CCOP(OCC)c1cnc(NC(=O)[C@H](CC2CCCC2)c2ccc(S(C)(=O)=O)cc2)s1. The minimum absolute atomic E-state index is 0.123. The van der Waals surface area contributed by atoms with E-state index in [9.17, 15) is 13.2 Å². The van der Waals surface area contributed by atoms with E-state index in [0.717, 1.165) is 29.4 Å². The Morgan fingerprint density at radius 1 is 1.19 bits per heavy atom. The summed E-state index contributed by atoms with van der Waals surface area (Å²) in [6.07, 6.45) is 8.26. The highest BCUT2D eigenvalue weighted by Gasteiger charge is 2.28. The molecule has 32 heavy (non-hydrogen) atoms. The molecule has 1 atom stereocenters. The van der Waals surface area contributed by atoms with Gasteiger partial charge in [-0.25, -0.2) is 13.4 Å². The van der Waals surface area contributed by atoms with Crippen LogP contribution < -0.4 is 9.94 Å². The Hall–Kier alpha value is -1.38. The van der Waals surface area contributed by atoms with Crippen LogP contribution in [0.1, 0.15) is 57.4 Å². The average molecular weight is 499 g/mol. The third-order valence-electron chi connectivity index (χ3n) is 5.47. The lowest BCUT2D eigenvalue weighted by molar-refractivity contribution is -0.118. The molecule has 0 unspecified atom stereocenters. The zero-order chi connectivity index (χ0) is 23.1. The van der Waals surface area contributed by atoms with Crippen LogP contribution >= 0.6 is 19.7 Å². The van der Waals surface area contributed by atoms with Crippen LogP contribution in [0.15, 0.2) is 35.4 Å². The molecule has 0 spiro atoms. The lowest BCUT2D eigenvalue weighted by atomic mass is 9.87. The molecule has 0 saturated heterocycles. The molecule has 10 heteroatoms. The molecule has 176 valence electrons. The third kappa shape index (κ3) is 6.81. The number of carbonyl (C=O) groups is 1. The molecule has 1 fully saturated rings. The van der Waals surface area contributed by atoms with Gasteiger partial charge >= 0.3 is 0 Å². The van der Waals surface area contributed by atoms with E-state index in [1.807, 2.05) is 13.8 Å². The first kappa shape index (κ1) is 25.2. The number of anilines is 1. The molecular formula is C22H31N2O5PS2. The van der Waals surface area contributed by atoms with Gasteiger partial charge in [-0.1, -0.05) is 49.2 Å². The second kappa shape index (κ2) is 11.7. The molecule has 1 N–H and O–H groups in total. The quantitative estimate of drug-likeness (QED) is 0.445. The maximum atomic E-state index is 13.3. The van der Waals surface area contributed by atoms with Gasteiger partial charge in [0.15, 0.2) is 15.0 Å². The Balaban J connectivity index is 1.78. The number of rotatable bonds is 11. The predicted octanol–water partition coefficient (Wildman–Crippen LogP) is 4.86. The average Bonchev–Trinajstić information content (AvgIpc) is 3.43. The summed E-state index contributed by atoms with van der Waals surface area (Å²) in [7, 11) is -4.48. The number of nitrogens with one attached hydrogen (secondary N) is 1. The Bertz CT molecular complexity index is 982. The largest absolute Gasteiger partial charge is 0.330 e. The van der Waals surface area contributed by atoms with E-state index in [0.29, 0.717) is 24.3 Å². The highest BCUT2D eigenvalue weighted by Crippen LogP contribution is 2.40. The van der Waals surface area contributed by atoms with Gasteiger partial charge < -0.3 is 14.4 Å². The lowest BCUT2D eigenvalue weighted by Crippen LogP contribution is -2.23. The van der Waals surface area contributed by atoms with Gasteiger partial charge in [-0.2, -0.15) is 0 Å². The van der Waals surface area contributed by atoms with Crippen LogP contribution in [0.25, 0.3) is 0 Å². The topological polar surface area (TPSA) is 94.6 Å². The highest BCUT2D eigenvalue weighted by atomic mass is 32.2. The summed E-state index contributed by atoms with van der Waals surface area (Å²) in [5.74, 6) is 0.0114. The number of thiazole rings is 1. The number of benzene rings is 1. The summed E-state index contributed by atoms with van der Waals surface area (Å²) < 4.78 is 35.9. The number of amides is 1. The van der Waals surface area contributed by atoms with E-state index in [4.69, 9.17) is 9.05 Å². The Labute approximate surface area is 195 Å². The van der Waals surface area contributed by atoms with E-state index in [1.165, 1.54) is 30.4 Å². The van der Waals surface area contributed by atoms with E-state index in [1.54, 1.807) is 30.5 Å². The van der Waals surface area contributed by atoms with Gasteiger partial charge in [0.05, 0.1) is 30.2 Å². The number of carbonyl (C=O) groups excluding carboxylic acids is 1. The highest BCUT2D eigenvalue weighted by molar-refractivity contribution is 7.90. The molecule has 1 saturated carbocycles. The molecule has 1 heterocycles. The van der Waals surface area contributed by atoms with Crippen molar-refractivity contribution >= 4 is 45.2 Å². The summed E-state index contributed by atoms with van der Waals surface area (Å²) in [6, 6.07) is 6.68. The summed E-state index contributed by atoms with van der Waals surface area (Å²) in [4.78, 5) is 17.9. The Morgan fingerprint density at radius 2 is 1.81 bits per heavy atom. The van der Waals surface area contributed by atoms with Crippen LogP contribution in [0.2, 0.25) is 0 Å². The molecule has 7 nitrogen and oxygen atoms in total. The van der Waals surface area contributed by atoms with Gasteiger partial charge in [-0.05, 0) is 43.9 Å².